The summed E-state index contributed by atoms with van der Waals surface area (Å²) in [5.41, 5.74) is 6.26. The highest BCUT2D eigenvalue weighted by atomic mass is 16.2. The maximum absolute atomic E-state index is 13.1. The number of amides is 1. The molecule has 1 aliphatic rings. The first-order valence-electron chi connectivity index (χ1n) is 11.3. The van der Waals surface area contributed by atoms with Gasteiger partial charge in [-0.2, -0.15) is 10.2 Å². The topological polar surface area (TPSA) is 86.7 Å². The maximum atomic E-state index is 13.1. The molecule has 3 heterocycles. The molecule has 1 aliphatic heterocycles. The fourth-order valence-electron chi connectivity index (χ4n) is 4.59. The Morgan fingerprint density at radius 1 is 1.16 bits per heavy atom. The average Bonchev–Trinajstić information content (AvgIpc) is 3.24. The van der Waals surface area contributed by atoms with Gasteiger partial charge in [0.05, 0.1) is 18.2 Å². The molecule has 1 atom stereocenters. The van der Waals surface area contributed by atoms with Gasteiger partial charge in [-0.15, -0.1) is 0 Å². The summed E-state index contributed by atoms with van der Waals surface area (Å²) in [7, 11) is 0. The van der Waals surface area contributed by atoms with Gasteiger partial charge in [0, 0.05) is 30.9 Å². The Kier molecular flexibility index (Phi) is 6.04. The molecule has 170 valence electrons. The summed E-state index contributed by atoms with van der Waals surface area (Å²) in [6, 6.07) is 6.21. The molecule has 8 nitrogen and oxygen atoms in total. The smallest absolute Gasteiger partial charge is 0.346 e. The van der Waals surface area contributed by atoms with E-state index >= 15 is 0 Å². The van der Waals surface area contributed by atoms with Crippen LogP contribution >= 0.6 is 0 Å². The summed E-state index contributed by atoms with van der Waals surface area (Å²) in [4.78, 5) is 26.1. The van der Waals surface area contributed by atoms with Crippen molar-refractivity contribution in [1.82, 2.24) is 29.4 Å². The van der Waals surface area contributed by atoms with Crippen molar-refractivity contribution in [2.45, 2.75) is 79.6 Å². The maximum Gasteiger partial charge on any atom is 0.346 e. The third-order valence-corrected chi connectivity index (χ3v) is 6.55. The SMILES string of the molecule is CCn1nc(C)c(CNC(=O)C2CCCn3c2nn(Cc2cc(C)ccc2C)c3=O)c1C. The molecule has 4 rings (SSSR count). The van der Waals surface area contributed by atoms with Crippen LogP contribution in [0.5, 0.6) is 0 Å². The fraction of sp³-hybridized carbons (Fsp3) is 0.500. The second-order valence-electron chi connectivity index (χ2n) is 8.76. The van der Waals surface area contributed by atoms with Gasteiger partial charge < -0.3 is 5.32 Å². The zero-order chi connectivity index (χ0) is 23.0. The van der Waals surface area contributed by atoms with Gasteiger partial charge in [0.2, 0.25) is 5.91 Å². The number of hydrogen-bond acceptors (Lipinski definition) is 4. The largest absolute Gasteiger partial charge is 0.351 e. The van der Waals surface area contributed by atoms with Crippen molar-refractivity contribution in [3.8, 4) is 0 Å². The lowest BCUT2D eigenvalue weighted by molar-refractivity contribution is -0.123. The second kappa shape index (κ2) is 8.76. The molecule has 0 spiro atoms. The van der Waals surface area contributed by atoms with Crippen molar-refractivity contribution in [2.75, 3.05) is 0 Å². The van der Waals surface area contributed by atoms with Crippen molar-refractivity contribution in [1.29, 1.82) is 0 Å². The number of rotatable bonds is 6. The summed E-state index contributed by atoms with van der Waals surface area (Å²) in [5, 5.41) is 12.2. The molecule has 2 aromatic heterocycles. The minimum absolute atomic E-state index is 0.0853. The molecule has 1 N–H and O–H groups in total. The number of nitrogens with one attached hydrogen (secondary N) is 1. The van der Waals surface area contributed by atoms with Crippen molar-refractivity contribution >= 4 is 5.91 Å². The number of nitrogens with zero attached hydrogens (tertiary/aromatic N) is 5. The molecule has 1 amide bonds. The second-order valence-corrected chi connectivity index (χ2v) is 8.76. The summed E-state index contributed by atoms with van der Waals surface area (Å²) in [6.45, 7) is 12.4. The van der Waals surface area contributed by atoms with Crippen molar-refractivity contribution in [2.24, 2.45) is 0 Å². The van der Waals surface area contributed by atoms with Crippen LogP contribution in [-0.2, 0) is 31.0 Å². The lowest BCUT2D eigenvalue weighted by Crippen LogP contribution is -2.35. The molecule has 0 saturated heterocycles. The number of hydrogen-bond donors (Lipinski definition) is 1. The minimum atomic E-state index is -0.418. The quantitative estimate of drug-likeness (QED) is 0.644. The summed E-state index contributed by atoms with van der Waals surface area (Å²) in [5.74, 6) is 0.0674. The van der Waals surface area contributed by atoms with Crippen LogP contribution in [0, 0.1) is 27.7 Å². The highest BCUT2D eigenvalue weighted by Gasteiger charge is 2.31. The van der Waals surface area contributed by atoms with Crippen LogP contribution in [0.3, 0.4) is 0 Å². The van der Waals surface area contributed by atoms with E-state index in [4.69, 9.17) is 0 Å². The molecular formula is C24H32N6O2. The van der Waals surface area contributed by atoms with Crippen LogP contribution in [0.2, 0.25) is 0 Å². The molecule has 0 radical (unpaired) electrons. The van der Waals surface area contributed by atoms with Crippen LogP contribution in [0.15, 0.2) is 23.0 Å². The van der Waals surface area contributed by atoms with Gasteiger partial charge in [-0.1, -0.05) is 23.8 Å². The van der Waals surface area contributed by atoms with Gasteiger partial charge in [0.15, 0.2) is 0 Å². The Labute approximate surface area is 188 Å². The van der Waals surface area contributed by atoms with Gasteiger partial charge >= 0.3 is 5.69 Å². The molecule has 32 heavy (non-hydrogen) atoms. The van der Waals surface area contributed by atoms with Crippen LogP contribution in [-0.4, -0.2) is 30.0 Å². The van der Waals surface area contributed by atoms with E-state index in [0.29, 0.717) is 31.9 Å². The number of aromatic nitrogens is 5. The Morgan fingerprint density at radius 3 is 2.66 bits per heavy atom. The van der Waals surface area contributed by atoms with Crippen LogP contribution < -0.4 is 11.0 Å². The number of aryl methyl sites for hydroxylation is 4. The molecule has 1 unspecified atom stereocenters. The first-order valence-corrected chi connectivity index (χ1v) is 11.3. The Morgan fingerprint density at radius 2 is 1.94 bits per heavy atom. The Balaban J connectivity index is 1.55. The number of carbonyl (C=O) groups excluding carboxylic acids is 1. The Hall–Kier alpha value is -3.16. The normalized spacial score (nSPS) is 15.6. The average molecular weight is 437 g/mol. The van der Waals surface area contributed by atoms with Gasteiger partial charge in [-0.3, -0.25) is 14.0 Å². The van der Waals surface area contributed by atoms with Gasteiger partial charge in [0.1, 0.15) is 5.82 Å². The van der Waals surface area contributed by atoms with Gasteiger partial charge in [-0.05, 0) is 58.6 Å². The molecule has 1 aromatic carbocycles. The monoisotopic (exact) mass is 436 g/mol. The van der Waals surface area contributed by atoms with E-state index in [1.54, 1.807) is 4.57 Å². The van der Waals surface area contributed by atoms with E-state index in [9.17, 15) is 9.59 Å². The highest BCUT2D eigenvalue weighted by Crippen LogP contribution is 2.25. The van der Waals surface area contributed by atoms with E-state index in [2.05, 4.69) is 40.6 Å². The van der Waals surface area contributed by atoms with Crippen LogP contribution in [0.4, 0.5) is 0 Å². The summed E-state index contributed by atoms with van der Waals surface area (Å²) in [6.07, 6.45) is 1.48. The zero-order valence-electron chi connectivity index (χ0n) is 19.6. The fourth-order valence-corrected chi connectivity index (χ4v) is 4.59. The first kappa shape index (κ1) is 22.0. The molecule has 8 heteroatoms. The number of carbonyl (C=O) groups is 1. The van der Waals surface area contributed by atoms with E-state index in [1.165, 1.54) is 4.68 Å². The van der Waals surface area contributed by atoms with Crippen LogP contribution in [0.25, 0.3) is 0 Å². The molecule has 0 fully saturated rings. The van der Waals surface area contributed by atoms with E-state index < -0.39 is 5.92 Å². The van der Waals surface area contributed by atoms with Crippen LogP contribution in [0.1, 0.15) is 65.1 Å². The third kappa shape index (κ3) is 4.01. The van der Waals surface area contributed by atoms with Crippen molar-refractivity contribution in [3.05, 3.63) is 68.1 Å². The van der Waals surface area contributed by atoms with Crippen molar-refractivity contribution < 1.29 is 4.79 Å². The standard InChI is InChI=1S/C24H32N6O2/c1-6-29-18(5)21(17(4)26-29)13-25-23(31)20-8-7-11-28-22(20)27-30(24(28)32)14-19-12-15(2)9-10-16(19)3/h9-10,12,20H,6-8,11,13-14H2,1-5H3,(H,25,31). The van der Waals surface area contributed by atoms with Crippen molar-refractivity contribution in [3.63, 3.8) is 0 Å². The lowest BCUT2D eigenvalue weighted by Gasteiger charge is -2.21. The molecular weight excluding hydrogens is 404 g/mol. The third-order valence-electron chi connectivity index (χ3n) is 6.55. The molecule has 0 bridgehead atoms. The zero-order valence-corrected chi connectivity index (χ0v) is 19.6. The first-order chi connectivity index (χ1) is 15.3. The highest BCUT2D eigenvalue weighted by molar-refractivity contribution is 5.82. The molecule has 0 aliphatic carbocycles. The molecule has 3 aromatic rings. The van der Waals surface area contributed by atoms with E-state index in [1.807, 2.05) is 32.4 Å². The van der Waals surface area contributed by atoms with Gasteiger partial charge in [0.25, 0.3) is 0 Å². The predicted molar refractivity (Wildman–Crippen MR) is 123 cm³/mol. The Bertz CT molecular complexity index is 1220. The number of benzene rings is 1. The molecule has 0 saturated carbocycles. The predicted octanol–water partition coefficient (Wildman–Crippen LogP) is 2.74. The minimum Gasteiger partial charge on any atom is -0.351 e. The van der Waals surface area contributed by atoms with E-state index in [-0.39, 0.29) is 11.6 Å². The summed E-state index contributed by atoms with van der Waals surface area (Å²) < 4.78 is 5.12. The van der Waals surface area contributed by atoms with E-state index in [0.717, 1.165) is 46.6 Å². The lowest BCUT2D eigenvalue weighted by atomic mass is 9.98. The van der Waals surface area contributed by atoms with Gasteiger partial charge in [-0.25, -0.2) is 9.48 Å². The number of fused-ring (bicyclic) bond motifs is 1. The summed E-state index contributed by atoms with van der Waals surface area (Å²) >= 11 is 0.